The molecule has 1 aromatic carbocycles. The number of amides is 1. The zero-order chi connectivity index (χ0) is 17.1. The van der Waals surface area contributed by atoms with Crippen LogP contribution in [0, 0.1) is 11.8 Å². The standard InChI is InChI=1S/C17H21ClN2O3/c1-10(2)8-11(17(22)23)9-19-16(21)15-14(18)12-6-4-5-7-13(12)20(15)3/h4-7,10-11H,8-9H2,1-3H3,(H,19,21)(H,22,23). The lowest BCUT2D eigenvalue weighted by Gasteiger charge is -2.15. The highest BCUT2D eigenvalue weighted by Gasteiger charge is 2.23. The van der Waals surface area contributed by atoms with E-state index < -0.39 is 11.9 Å². The summed E-state index contributed by atoms with van der Waals surface area (Å²) in [5.41, 5.74) is 1.21. The van der Waals surface area contributed by atoms with Crippen LogP contribution in [0.2, 0.25) is 5.02 Å². The molecule has 1 aromatic heterocycles. The smallest absolute Gasteiger partial charge is 0.308 e. The Morgan fingerprint density at radius 2 is 1.96 bits per heavy atom. The summed E-state index contributed by atoms with van der Waals surface area (Å²) in [6.45, 7) is 4.00. The molecule has 1 heterocycles. The molecule has 0 saturated heterocycles. The predicted octanol–water partition coefficient (Wildman–Crippen LogP) is 3.31. The van der Waals surface area contributed by atoms with Gasteiger partial charge >= 0.3 is 5.97 Å². The lowest BCUT2D eigenvalue weighted by atomic mass is 9.97. The van der Waals surface area contributed by atoms with E-state index in [9.17, 15) is 14.7 Å². The van der Waals surface area contributed by atoms with Gasteiger partial charge in [0.25, 0.3) is 5.91 Å². The van der Waals surface area contributed by atoms with E-state index in [-0.39, 0.29) is 18.4 Å². The van der Waals surface area contributed by atoms with Gasteiger partial charge in [-0.15, -0.1) is 0 Å². The monoisotopic (exact) mass is 336 g/mol. The topological polar surface area (TPSA) is 71.3 Å². The van der Waals surface area contributed by atoms with Gasteiger partial charge in [0.2, 0.25) is 0 Å². The maximum absolute atomic E-state index is 12.5. The molecule has 0 fully saturated rings. The molecule has 5 nitrogen and oxygen atoms in total. The van der Waals surface area contributed by atoms with Crippen LogP contribution in [-0.2, 0) is 11.8 Å². The van der Waals surface area contributed by atoms with Gasteiger partial charge in [-0.2, -0.15) is 0 Å². The van der Waals surface area contributed by atoms with Gasteiger partial charge in [-0.25, -0.2) is 0 Å². The normalized spacial score (nSPS) is 12.6. The van der Waals surface area contributed by atoms with E-state index in [1.807, 2.05) is 38.1 Å². The number of carboxylic acid groups (broad SMARTS) is 1. The highest BCUT2D eigenvalue weighted by molar-refractivity contribution is 6.38. The molecule has 1 atom stereocenters. The highest BCUT2D eigenvalue weighted by atomic mass is 35.5. The van der Waals surface area contributed by atoms with Gasteiger partial charge in [-0.3, -0.25) is 9.59 Å². The molecule has 0 radical (unpaired) electrons. The van der Waals surface area contributed by atoms with Gasteiger partial charge in [0, 0.05) is 24.5 Å². The molecule has 23 heavy (non-hydrogen) atoms. The Bertz CT molecular complexity index is 698. The van der Waals surface area contributed by atoms with Gasteiger partial charge in [0.15, 0.2) is 0 Å². The van der Waals surface area contributed by atoms with Crippen LogP contribution in [-0.4, -0.2) is 28.1 Å². The Hall–Kier alpha value is -2.01. The number of nitrogens with zero attached hydrogens (tertiary/aromatic N) is 1. The minimum Gasteiger partial charge on any atom is -0.481 e. The van der Waals surface area contributed by atoms with Crippen molar-refractivity contribution in [1.82, 2.24) is 9.88 Å². The second kappa shape index (κ2) is 7.04. The van der Waals surface area contributed by atoms with Crippen molar-refractivity contribution in [2.75, 3.05) is 6.54 Å². The maximum Gasteiger partial charge on any atom is 0.308 e. The van der Waals surface area contributed by atoms with Crippen LogP contribution in [0.3, 0.4) is 0 Å². The molecule has 1 unspecified atom stereocenters. The summed E-state index contributed by atoms with van der Waals surface area (Å²) in [7, 11) is 1.77. The number of carboxylic acids is 1. The Labute approximate surface area is 140 Å². The number of para-hydroxylation sites is 1. The molecule has 2 aromatic rings. The van der Waals surface area contributed by atoms with Crippen LogP contribution in [0.4, 0.5) is 0 Å². The number of halogens is 1. The van der Waals surface area contributed by atoms with Crippen molar-refractivity contribution in [3.63, 3.8) is 0 Å². The molecular weight excluding hydrogens is 316 g/mol. The van der Waals surface area contributed by atoms with E-state index in [1.54, 1.807) is 11.6 Å². The Morgan fingerprint density at radius 1 is 1.30 bits per heavy atom. The zero-order valence-corrected chi connectivity index (χ0v) is 14.2. The second-order valence-electron chi connectivity index (χ2n) is 6.11. The number of rotatable bonds is 6. The van der Waals surface area contributed by atoms with E-state index in [4.69, 9.17) is 11.6 Å². The van der Waals surface area contributed by atoms with Gasteiger partial charge < -0.3 is 15.0 Å². The summed E-state index contributed by atoms with van der Waals surface area (Å²) in [5, 5.41) is 13.1. The number of aliphatic carboxylic acids is 1. The van der Waals surface area contributed by atoms with Crippen molar-refractivity contribution in [2.45, 2.75) is 20.3 Å². The first-order valence-corrected chi connectivity index (χ1v) is 7.94. The number of carbonyl (C=O) groups excluding carboxylic acids is 1. The molecule has 6 heteroatoms. The zero-order valence-electron chi connectivity index (χ0n) is 13.5. The molecule has 1 amide bonds. The average Bonchev–Trinajstić information content (AvgIpc) is 2.75. The van der Waals surface area contributed by atoms with Gasteiger partial charge in [-0.1, -0.05) is 43.6 Å². The summed E-state index contributed by atoms with van der Waals surface area (Å²) in [6, 6.07) is 7.48. The molecule has 0 aliphatic rings. The number of benzene rings is 1. The summed E-state index contributed by atoms with van der Waals surface area (Å²) in [4.78, 5) is 23.7. The van der Waals surface area contributed by atoms with E-state index in [0.29, 0.717) is 17.1 Å². The maximum atomic E-state index is 12.5. The number of hydrogen-bond donors (Lipinski definition) is 2. The van der Waals surface area contributed by atoms with Crippen LogP contribution in [0.25, 0.3) is 10.9 Å². The largest absolute Gasteiger partial charge is 0.481 e. The summed E-state index contributed by atoms with van der Waals surface area (Å²) >= 11 is 6.32. The van der Waals surface area contributed by atoms with Crippen molar-refractivity contribution < 1.29 is 14.7 Å². The minimum atomic E-state index is -0.901. The van der Waals surface area contributed by atoms with Gasteiger partial charge in [-0.05, 0) is 18.4 Å². The fourth-order valence-corrected chi connectivity index (χ4v) is 3.11. The highest BCUT2D eigenvalue weighted by Crippen LogP contribution is 2.29. The first-order chi connectivity index (χ1) is 10.8. The lowest BCUT2D eigenvalue weighted by molar-refractivity contribution is -0.142. The second-order valence-corrected chi connectivity index (χ2v) is 6.49. The number of hydrogen-bond acceptors (Lipinski definition) is 2. The van der Waals surface area contributed by atoms with Crippen LogP contribution >= 0.6 is 11.6 Å². The number of aromatic nitrogens is 1. The third-order valence-corrected chi connectivity index (χ3v) is 4.26. The van der Waals surface area contributed by atoms with Crippen LogP contribution < -0.4 is 5.32 Å². The minimum absolute atomic E-state index is 0.0875. The van der Waals surface area contributed by atoms with E-state index in [1.165, 1.54) is 0 Å². The lowest BCUT2D eigenvalue weighted by Crippen LogP contribution is -2.34. The van der Waals surface area contributed by atoms with E-state index in [2.05, 4.69) is 5.32 Å². The quantitative estimate of drug-likeness (QED) is 0.850. The average molecular weight is 337 g/mol. The number of carbonyl (C=O) groups is 2. The molecule has 2 rings (SSSR count). The summed E-state index contributed by atoms with van der Waals surface area (Å²) in [5.74, 6) is -1.62. The summed E-state index contributed by atoms with van der Waals surface area (Å²) < 4.78 is 1.73. The first-order valence-electron chi connectivity index (χ1n) is 7.56. The molecule has 0 spiro atoms. The number of fused-ring (bicyclic) bond motifs is 1. The third kappa shape index (κ3) is 3.67. The Morgan fingerprint density at radius 3 is 2.52 bits per heavy atom. The molecule has 0 aliphatic carbocycles. The molecule has 124 valence electrons. The summed E-state index contributed by atoms with van der Waals surface area (Å²) in [6.07, 6.45) is 0.512. The molecule has 0 bridgehead atoms. The van der Waals surface area contributed by atoms with Gasteiger partial charge in [0.1, 0.15) is 5.69 Å². The number of nitrogens with one attached hydrogen (secondary N) is 1. The van der Waals surface area contributed by atoms with E-state index in [0.717, 1.165) is 10.9 Å². The van der Waals surface area contributed by atoms with Crippen LogP contribution in [0.5, 0.6) is 0 Å². The van der Waals surface area contributed by atoms with Crippen LogP contribution in [0.15, 0.2) is 24.3 Å². The van der Waals surface area contributed by atoms with Gasteiger partial charge in [0.05, 0.1) is 10.9 Å². The number of aryl methyl sites for hydroxylation is 1. The van der Waals surface area contributed by atoms with Crippen molar-refractivity contribution in [3.8, 4) is 0 Å². The molecular formula is C17H21ClN2O3. The first kappa shape index (κ1) is 17.3. The molecule has 2 N–H and O–H groups in total. The predicted molar refractivity (Wildman–Crippen MR) is 90.8 cm³/mol. The fourth-order valence-electron chi connectivity index (χ4n) is 2.74. The third-order valence-electron chi connectivity index (χ3n) is 3.87. The van der Waals surface area contributed by atoms with Crippen LogP contribution in [0.1, 0.15) is 30.8 Å². The van der Waals surface area contributed by atoms with Crippen molar-refractivity contribution in [2.24, 2.45) is 18.9 Å². The molecule has 0 saturated carbocycles. The Kier molecular flexibility index (Phi) is 5.31. The Balaban J connectivity index is 2.20. The fraction of sp³-hybridized carbons (Fsp3) is 0.412. The molecule has 0 aliphatic heterocycles. The van der Waals surface area contributed by atoms with Crippen molar-refractivity contribution >= 4 is 34.4 Å². The SMILES string of the molecule is CC(C)CC(CNC(=O)c1c(Cl)c2ccccc2n1C)C(=O)O. The van der Waals surface area contributed by atoms with E-state index >= 15 is 0 Å². The van der Waals surface area contributed by atoms with Crippen molar-refractivity contribution in [3.05, 3.63) is 35.0 Å². The van der Waals surface area contributed by atoms with Crippen molar-refractivity contribution in [1.29, 1.82) is 0 Å².